The number of anilines is 1. The van der Waals surface area contributed by atoms with E-state index in [1.54, 1.807) is 13.3 Å². The second-order valence-corrected chi connectivity index (χ2v) is 6.34. The van der Waals surface area contributed by atoms with Gasteiger partial charge in [-0.3, -0.25) is 4.98 Å². The Hall–Kier alpha value is -2.80. The summed E-state index contributed by atoms with van der Waals surface area (Å²) in [4.78, 5) is 15.4. The van der Waals surface area contributed by atoms with Gasteiger partial charge in [-0.2, -0.15) is 4.98 Å². The molecule has 7 nitrogen and oxygen atoms in total. The average molecular weight is 353 g/mol. The number of likely N-dealkylation sites (N-methyl/N-ethyl adjacent to an activating group) is 1. The lowest BCUT2D eigenvalue weighted by Crippen LogP contribution is -2.31. The number of hydrogen-bond acceptors (Lipinski definition) is 7. The van der Waals surface area contributed by atoms with Gasteiger partial charge in [0, 0.05) is 44.7 Å². The maximum atomic E-state index is 5.24. The Labute approximate surface area is 153 Å². The van der Waals surface area contributed by atoms with Gasteiger partial charge in [0.2, 0.25) is 0 Å². The Balaban J connectivity index is 1.68. The first kappa shape index (κ1) is 18.0. The third-order valence-electron chi connectivity index (χ3n) is 4.24. The van der Waals surface area contributed by atoms with Crippen LogP contribution in [0.2, 0.25) is 0 Å². The summed E-state index contributed by atoms with van der Waals surface area (Å²) >= 11 is 0. The highest BCUT2D eigenvalue weighted by Gasteiger charge is 2.14. The van der Waals surface area contributed by atoms with Crippen LogP contribution in [0.1, 0.15) is 24.0 Å². The molecule has 1 atom stereocenters. The molecule has 3 rings (SSSR count). The Morgan fingerprint density at radius 3 is 2.77 bits per heavy atom. The monoisotopic (exact) mass is 353 g/mol. The van der Waals surface area contributed by atoms with Crippen LogP contribution in [-0.2, 0) is 17.8 Å². The number of methoxy groups -OCH3 is 1. The molecule has 0 aliphatic rings. The number of rotatable bonds is 7. The highest BCUT2D eigenvalue weighted by atomic mass is 16.5. The highest BCUT2D eigenvalue weighted by Crippen LogP contribution is 2.21. The Morgan fingerprint density at radius 1 is 1.23 bits per heavy atom. The van der Waals surface area contributed by atoms with E-state index in [1.807, 2.05) is 31.4 Å². The quantitative estimate of drug-likeness (QED) is 0.646. The van der Waals surface area contributed by atoms with Crippen molar-refractivity contribution in [1.82, 2.24) is 20.1 Å². The molecule has 136 valence electrons. The molecule has 0 radical (unpaired) electrons. The lowest BCUT2D eigenvalue weighted by molar-refractivity contribution is 0.174. The average Bonchev–Trinajstić information content (AvgIpc) is 3.10. The van der Waals surface area contributed by atoms with Crippen LogP contribution in [0, 0.1) is 6.92 Å². The van der Waals surface area contributed by atoms with E-state index < -0.39 is 0 Å². The molecule has 0 saturated heterocycles. The number of pyridine rings is 2. The zero-order valence-electron chi connectivity index (χ0n) is 15.5. The first-order valence-corrected chi connectivity index (χ1v) is 8.49. The van der Waals surface area contributed by atoms with Crippen LogP contribution in [0.15, 0.2) is 41.2 Å². The van der Waals surface area contributed by atoms with Crippen molar-refractivity contribution in [2.75, 3.05) is 19.1 Å². The van der Waals surface area contributed by atoms with E-state index in [0.717, 1.165) is 23.5 Å². The molecule has 0 bridgehead atoms. The van der Waals surface area contributed by atoms with E-state index in [9.17, 15) is 0 Å². The fourth-order valence-corrected chi connectivity index (χ4v) is 2.66. The van der Waals surface area contributed by atoms with Gasteiger partial charge < -0.3 is 14.2 Å². The number of hydrogen-bond donors (Lipinski definition) is 0. The van der Waals surface area contributed by atoms with Gasteiger partial charge in [-0.05, 0) is 43.7 Å². The standard InChI is InChI=1S/C19H23N5O2/c1-13-7-8-20-16(9-13)10-14(2)24(3)18-6-5-15(11-21-18)19-22-17(12-25-4)23-26-19/h5-9,11,14H,10,12H2,1-4H3. The van der Waals surface area contributed by atoms with Crippen molar-refractivity contribution in [1.29, 1.82) is 0 Å². The zero-order valence-corrected chi connectivity index (χ0v) is 15.5. The SMILES string of the molecule is COCc1noc(-c2ccc(N(C)C(C)Cc3cc(C)ccn3)nc2)n1. The van der Waals surface area contributed by atoms with Crippen LogP contribution in [0.4, 0.5) is 5.82 Å². The smallest absolute Gasteiger partial charge is 0.259 e. The van der Waals surface area contributed by atoms with Gasteiger partial charge in [-0.1, -0.05) is 5.16 Å². The van der Waals surface area contributed by atoms with Crippen molar-refractivity contribution < 1.29 is 9.26 Å². The number of aromatic nitrogens is 4. The van der Waals surface area contributed by atoms with Crippen LogP contribution >= 0.6 is 0 Å². The summed E-state index contributed by atoms with van der Waals surface area (Å²) in [6.45, 7) is 4.56. The molecule has 1 unspecified atom stereocenters. The van der Waals surface area contributed by atoms with E-state index in [2.05, 4.69) is 44.9 Å². The minimum atomic E-state index is 0.263. The largest absolute Gasteiger partial charge is 0.377 e. The van der Waals surface area contributed by atoms with E-state index in [1.165, 1.54) is 5.56 Å². The first-order valence-electron chi connectivity index (χ1n) is 8.49. The van der Waals surface area contributed by atoms with E-state index >= 15 is 0 Å². The molecule has 0 saturated carbocycles. The van der Waals surface area contributed by atoms with Gasteiger partial charge in [0.05, 0.1) is 5.56 Å². The van der Waals surface area contributed by atoms with Crippen LogP contribution in [-0.4, -0.2) is 40.3 Å². The molecule has 3 aromatic rings. The Bertz CT molecular complexity index is 847. The molecular formula is C19H23N5O2. The van der Waals surface area contributed by atoms with Crippen molar-refractivity contribution in [3.63, 3.8) is 0 Å². The minimum Gasteiger partial charge on any atom is -0.377 e. The molecule has 0 aliphatic heterocycles. The van der Waals surface area contributed by atoms with Gasteiger partial charge in [0.25, 0.3) is 5.89 Å². The van der Waals surface area contributed by atoms with Crippen LogP contribution in [0.5, 0.6) is 0 Å². The maximum absolute atomic E-state index is 5.24. The molecule has 0 fully saturated rings. The normalized spacial score (nSPS) is 12.2. The number of nitrogens with zero attached hydrogens (tertiary/aromatic N) is 5. The van der Waals surface area contributed by atoms with Gasteiger partial charge in [0.1, 0.15) is 12.4 Å². The second-order valence-electron chi connectivity index (χ2n) is 6.34. The van der Waals surface area contributed by atoms with Gasteiger partial charge in [-0.25, -0.2) is 4.98 Å². The molecule has 0 aliphatic carbocycles. The third-order valence-corrected chi connectivity index (χ3v) is 4.24. The molecule has 26 heavy (non-hydrogen) atoms. The lowest BCUT2D eigenvalue weighted by atomic mass is 10.1. The van der Waals surface area contributed by atoms with Crippen molar-refractivity contribution >= 4 is 5.82 Å². The van der Waals surface area contributed by atoms with Gasteiger partial charge >= 0.3 is 0 Å². The number of ether oxygens (including phenoxy) is 1. The van der Waals surface area contributed by atoms with E-state index in [4.69, 9.17) is 9.26 Å². The molecule has 0 aromatic carbocycles. The van der Waals surface area contributed by atoms with Gasteiger partial charge in [0.15, 0.2) is 5.82 Å². The summed E-state index contributed by atoms with van der Waals surface area (Å²) in [6.07, 6.45) is 4.45. The van der Waals surface area contributed by atoms with Crippen molar-refractivity contribution in [3.8, 4) is 11.5 Å². The molecule has 0 spiro atoms. The topological polar surface area (TPSA) is 77.2 Å². The van der Waals surface area contributed by atoms with Crippen LogP contribution < -0.4 is 4.90 Å². The van der Waals surface area contributed by atoms with Gasteiger partial charge in [-0.15, -0.1) is 0 Å². The van der Waals surface area contributed by atoms with Crippen molar-refractivity contribution in [2.45, 2.75) is 32.9 Å². The first-order chi connectivity index (χ1) is 12.6. The fraction of sp³-hybridized carbons (Fsp3) is 0.368. The minimum absolute atomic E-state index is 0.263. The molecule has 7 heteroatoms. The summed E-state index contributed by atoms with van der Waals surface area (Å²) in [5, 5.41) is 3.87. The summed E-state index contributed by atoms with van der Waals surface area (Å²) < 4.78 is 10.2. The second kappa shape index (κ2) is 8.05. The molecule has 3 heterocycles. The van der Waals surface area contributed by atoms with Crippen LogP contribution in [0.3, 0.4) is 0 Å². The molecule has 3 aromatic heterocycles. The van der Waals surface area contributed by atoms with Crippen molar-refractivity contribution in [3.05, 3.63) is 53.7 Å². The lowest BCUT2D eigenvalue weighted by Gasteiger charge is -2.25. The number of aryl methyl sites for hydroxylation is 1. The Kier molecular flexibility index (Phi) is 5.58. The highest BCUT2D eigenvalue weighted by molar-refractivity contribution is 5.54. The van der Waals surface area contributed by atoms with E-state index in [0.29, 0.717) is 18.3 Å². The Morgan fingerprint density at radius 2 is 2.08 bits per heavy atom. The van der Waals surface area contributed by atoms with E-state index in [-0.39, 0.29) is 6.04 Å². The predicted octanol–water partition coefficient (Wildman–Crippen LogP) is 3.05. The maximum Gasteiger partial charge on any atom is 0.259 e. The van der Waals surface area contributed by atoms with Crippen LogP contribution in [0.25, 0.3) is 11.5 Å². The summed E-state index contributed by atoms with van der Waals surface area (Å²) in [6, 6.07) is 8.28. The molecular weight excluding hydrogens is 330 g/mol. The fourth-order valence-electron chi connectivity index (χ4n) is 2.66. The zero-order chi connectivity index (χ0) is 18.5. The summed E-state index contributed by atoms with van der Waals surface area (Å²) in [7, 11) is 3.63. The molecule has 0 amide bonds. The predicted molar refractivity (Wildman–Crippen MR) is 98.8 cm³/mol. The summed E-state index contributed by atoms with van der Waals surface area (Å²) in [5.41, 5.74) is 3.09. The third kappa shape index (κ3) is 4.23. The molecule has 0 N–H and O–H groups in total. The van der Waals surface area contributed by atoms with Crippen molar-refractivity contribution in [2.24, 2.45) is 0 Å². The summed E-state index contributed by atoms with van der Waals surface area (Å²) in [5.74, 6) is 1.84.